The van der Waals surface area contributed by atoms with E-state index in [0.717, 1.165) is 22.4 Å². The molecule has 0 bridgehead atoms. The summed E-state index contributed by atoms with van der Waals surface area (Å²) in [7, 11) is 0. The summed E-state index contributed by atoms with van der Waals surface area (Å²) in [5.41, 5.74) is 3.87. The van der Waals surface area contributed by atoms with Crippen LogP contribution in [0.25, 0.3) is 0 Å². The first kappa shape index (κ1) is 27.7. The summed E-state index contributed by atoms with van der Waals surface area (Å²) >= 11 is 0. The molecule has 0 amide bonds. The molecule has 4 aromatic rings. The molecule has 0 aromatic heterocycles. The minimum absolute atomic E-state index is 0.138. The van der Waals surface area contributed by atoms with Crippen molar-refractivity contribution in [1.29, 1.82) is 0 Å². The van der Waals surface area contributed by atoms with E-state index in [1.165, 1.54) is 0 Å². The van der Waals surface area contributed by atoms with Crippen molar-refractivity contribution in [2.45, 2.75) is 36.8 Å². The summed E-state index contributed by atoms with van der Waals surface area (Å²) in [5, 5.41) is 14.2. The highest BCUT2D eigenvalue weighted by molar-refractivity contribution is 5.77. The van der Waals surface area contributed by atoms with Crippen LogP contribution in [0.5, 0.6) is 0 Å². The quantitative estimate of drug-likeness (QED) is 0.130. The normalized spacial score (nSPS) is 25.5. The van der Waals surface area contributed by atoms with Crippen molar-refractivity contribution < 1.29 is 19.3 Å². The minimum Gasteiger partial charge on any atom is -0.464 e. The molecule has 7 nitrogen and oxygen atoms in total. The van der Waals surface area contributed by atoms with Gasteiger partial charge in [0.25, 0.3) is 0 Å². The Balaban J connectivity index is 1.62. The monoisotopic (exact) mass is 562 g/mol. The molecule has 42 heavy (non-hydrogen) atoms. The van der Waals surface area contributed by atoms with Gasteiger partial charge < -0.3 is 4.74 Å². The summed E-state index contributed by atoms with van der Waals surface area (Å²) < 4.78 is 5.59. The molecule has 214 valence electrons. The molecule has 1 heterocycles. The lowest BCUT2D eigenvalue weighted by Crippen LogP contribution is -2.40. The number of carbonyl (C=O) groups is 1. The number of esters is 1. The molecule has 1 aliphatic carbocycles. The second-order valence-electron chi connectivity index (χ2n) is 11.0. The third kappa shape index (κ3) is 5.16. The van der Waals surface area contributed by atoms with Gasteiger partial charge in [-0.3, -0.25) is 15.0 Å². The number of anilines is 1. The van der Waals surface area contributed by atoms with Gasteiger partial charge in [0.1, 0.15) is 0 Å². The van der Waals surface area contributed by atoms with Gasteiger partial charge in [0.2, 0.25) is 6.54 Å². The van der Waals surface area contributed by atoms with Gasteiger partial charge in [0, 0.05) is 16.8 Å². The molecule has 0 N–H and O–H groups in total. The van der Waals surface area contributed by atoms with Crippen molar-refractivity contribution in [2.24, 2.45) is 11.8 Å². The molecule has 0 radical (unpaired) electrons. The highest BCUT2D eigenvalue weighted by atomic mass is 16.7. The Hall–Kier alpha value is -4.49. The fourth-order valence-corrected chi connectivity index (χ4v) is 7.34. The summed E-state index contributed by atoms with van der Waals surface area (Å²) in [6.07, 6.45) is -0.872. The highest BCUT2D eigenvalue weighted by Crippen LogP contribution is 2.62. The number of hydrogen-bond acceptors (Lipinski definition) is 6. The summed E-state index contributed by atoms with van der Waals surface area (Å²) in [6.45, 7) is 1.78. The predicted molar refractivity (Wildman–Crippen MR) is 161 cm³/mol. The number of fused-ring (bicyclic) bond motifs is 1. The Bertz CT molecular complexity index is 1490. The Kier molecular flexibility index (Phi) is 8.02. The largest absolute Gasteiger partial charge is 0.464 e. The molecule has 1 saturated heterocycles. The smallest absolute Gasteiger partial charge is 0.338 e. The molecule has 1 aliphatic heterocycles. The lowest BCUT2D eigenvalue weighted by atomic mass is 9.72. The molecule has 6 rings (SSSR count). The lowest BCUT2D eigenvalue weighted by molar-refractivity contribution is -0.485. The van der Waals surface area contributed by atoms with E-state index in [1.54, 1.807) is 6.92 Å². The molecule has 1 saturated carbocycles. The van der Waals surface area contributed by atoms with Crippen molar-refractivity contribution in [1.82, 2.24) is 0 Å². The number of carbonyl (C=O) groups excluding carboxylic acids is 1. The van der Waals surface area contributed by atoms with Crippen LogP contribution < -0.4 is 5.06 Å². The average Bonchev–Trinajstić information content (AvgIpc) is 3.58. The molecule has 4 aromatic carbocycles. The maximum atomic E-state index is 13.6. The van der Waals surface area contributed by atoms with E-state index >= 15 is 0 Å². The number of benzene rings is 4. The van der Waals surface area contributed by atoms with Crippen molar-refractivity contribution in [3.63, 3.8) is 0 Å². The molecule has 0 unspecified atom stereocenters. The van der Waals surface area contributed by atoms with E-state index in [4.69, 9.17) is 9.57 Å². The van der Waals surface area contributed by atoms with E-state index in [1.807, 2.05) is 102 Å². The minimum atomic E-state index is -0.872. The molecule has 2 aliphatic rings. The van der Waals surface area contributed by atoms with Gasteiger partial charge in [-0.05, 0) is 47.6 Å². The van der Waals surface area contributed by atoms with E-state index in [0.29, 0.717) is 0 Å². The first-order chi connectivity index (χ1) is 20.6. The second-order valence-corrected chi connectivity index (χ2v) is 11.0. The maximum absolute atomic E-state index is 13.6. The number of para-hydroxylation sites is 1. The van der Waals surface area contributed by atoms with E-state index in [9.17, 15) is 14.9 Å². The molecule has 2 fully saturated rings. The fraction of sp³-hybridized carbons (Fsp3) is 0.286. The summed E-state index contributed by atoms with van der Waals surface area (Å²) in [6, 6.07) is 39.5. The van der Waals surface area contributed by atoms with Gasteiger partial charge in [0.05, 0.1) is 24.3 Å². The van der Waals surface area contributed by atoms with Crippen molar-refractivity contribution in [2.75, 3.05) is 18.2 Å². The first-order valence-corrected chi connectivity index (χ1v) is 14.5. The Morgan fingerprint density at radius 2 is 1.36 bits per heavy atom. The van der Waals surface area contributed by atoms with Crippen molar-refractivity contribution >= 4 is 11.7 Å². The summed E-state index contributed by atoms with van der Waals surface area (Å²) in [5.74, 6) is -1.74. The van der Waals surface area contributed by atoms with Gasteiger partial charge in [-0.25, -0.2) is 9.86 Å². The van der Waals surface area contributed by atoms with Crippen LogP contribution in [0.4, 0.5) is 5.69 Å². The van der Waals surface area contributed by atoms with Crippen LogP contribution in [0.15, 0.2) is 121 Å². The Labute approximate surface area is 245 Å². The van der Waals surface area contributed by atoms with E-state index < -0.39 is 18.0 Å². The van der Waals surface area contributed by atoms with Crippen LogP contribution in [0.3, 0.4) is 0 Å². The van der Waals surface area contributed by atoms with Crippen molar-refractivity contribution in [3.05, 3.63) is 148 Å². The van der Waals surface area contributed by atoms with Crippen LogP contribution in [-0.2, 0) is 14.4 Å². The number of nitro groups is 1. The lowest BCUT2D eigenvalue weighted by Gasteiger charge is -2.36. The topological polar surface area (TPSA) is 81.9 Å². The highest BCUT2D eigenvalue weighted by Gasteiger charge is 2.65. The molecule has 0 spiro atoms. The molecular formula is C35H34N2O5. The SMILES string of the molecule is CCOC(=O)[C@H]1ON(c2ccccc2)[C@H]2[C@@H]1[C@H](c1ccccc1)[C@@H](c1ccccc1)[C@@H]2[C@H](C[N+](=O)[O-])c1ccccc1. The van der Waals surface area contributed by atoms with E-state index in [-0.39, 0.29) is 47.8 Å². The number of nitrogens with zero attached hydrogens (tertiary/aromatic N) is 2. The Morgan fingerprint density at radius 3 is 1.90 bits per heavy atom. The Morgan fingerprint density at radius 1 is 0.833 bits per heavy atom. The third-order valence-electron chi connectivity index (χ3n) is 8.79. The molecule has 7 atom stereocenters. The standard InChI is InChI=1S/C35H34N2O5/c1-2-41-35(38)34-32-30(26-19-11-5-12-20-26)29(25-17-9-4-10-18-25)31(28(23-36(39)40)24-15-7-3-8-16-24)33(32)37(42-34)27-21-13-6-14-22-27/h3-22,28-34H,2,23H2,1H3/t28-,29-,30-,31+,32+,33-,34+/m1/s1. The number of rotatable bonds is 9. The average molecular weight is 563 g/mol. The third-order valence-corrected chi connectivity index (χ3v) is 8.79. The second kappa shape index (κ2) is 12.2. The van der Waals surface area contributed by atoms with E-state index in [2.05, 4.69) is 24.3 Å². The molecule has 7 heteroatoms. The zero-order chi connectivity index (χ0) is 29.1. The van der Waals surface area contributed by atoms with Crippen LogP contribution in [0.2, 0.25) is 0 Å². The van der Waals surface area contributed by atoms with Crippen LogP contribution in [0.1, 0.15) is 41.4 Å². The number of ether oxygens (including phenoxy) is 1. The zero-order valence-corrected chi connectivity index (χ0v) is 23.4. The van der Waals surface area contributed by atoms with Crippen molar-refractivity contribution in [3.8, 4) is 0 Å². The molecular weight excluding hydrogens is 528 g/mol. The van der Waals surface area contributed by atoms with Crippen LogP contribution in [-0.4, -0.2) is 36.2 Å². The van der Waals surface area contributed by atoms with Crippen LogP contribution in [0, 0.1) is 22.0 Å². The van der Waals surface area contributed by atoms with Crippen LogP contribution >= 0.6 is 0 Å². The zero-order valence-electron chi connectivity index (χ0n) is 23.4. The number of hydroxylamine groups is 1. The first-order valence-electron chi connectivity index (χ1n) is 14.5. The van der Waals surface area contributed by atoms with Gasteiger partial charge >= 0.3 is 5.97 Å². The summed E-state index contributed by atoms with van der Waals surface area (Å²) in [4.78, 5) is 32.3. The van der Waals surface area contributed by atoms with Gasteiger partial charge in [-0.1, -0.05) is 109 Å². The van der Waals surface area contributed by atoms with Gasteiger partial charge in [-0.15, -0.1) is 0 Å². The number of hydrogen-bond donors (Lipinski definition) is 0. The van der Waals surface area contributed by atoms with Gasteiger partial charge in [-0.2, -0.15) is 0 Å². The predicted octanol–water partition coefficient (Wildman–Crippen LogP) is 6.61. The van der Waals surface area contributed by atoms with Gasteiger partial charge in [0.15, 0.2) is 6.10 Å². The maximum Gasteiger partial charge on any atom is 0.338 e. The fourth-order valence-electron chi connectivity index (χ4n) is 7.34.